The zero-order valence-electron chi connectivity index (χ0n) is 9.91. The minimum absolute atomic E-state index is 0.543. The number of nitrogens with zero attached hydrogens (tertiary/aromatic N) is 2. The Labute approximate surface area is 106 Å². The van der Waals surface area contributed by atoms with Crippen LogP contribution in [0.3, 0.4) is 0 Å². The third kappa shape index (κ3) is 1.83. The highest BCUT2D eigenvalue weighted by molar-refractivity contribution is 6.31. The van der Waals surface area contributed by atoms with Gasteiger partial charge in [0.15, 0.2) is 0 Å². The number of aromatic nitrogens is 2. The fourth-order valence-electron chi connectivity index (χ4n) is 2.64. The standard InChI is InChI=1S/C13H16ClN3/c1-2-17-12-4-3-10(14)7-11(12)16-13(17)9-5-6-15-8-9/h3-4,7,9,15H,2,5-6,8H2,1H3. The van der Waals surface area contributed by atoms with Gasteiger partial charge in [-0.1, -0.05) is 11.6 Å². The van der Waals surface area contributed by atoms with Crippen LogP contribution in [0.25, 0.3) is 11.0 Å². The minimum Gasteiger partial charge on any atom is -0.328 e. The van der Waals surface area contributed by atoms with Gasteiger partial charge in [0.2, 0.25) is 0 Å². The quantitative estimate of drug-likeness (QED) is 0.887. The largest absolute Gasteiger partial charge is 0.328 e. The molecule has 0 radical (unpaired) electrons. The van der Waals surface area contributed by atoms with Gasteiger partial charge in [-0.3, -0.25) is 0 Å². The molecule has 2 aromatic rings. The number of nitrogens with one attached hydrogen (secondary N) is 1. The molecular weight excluding hydrogens is 234 g/mol. The number of hydrogen-bond acceptors (Lipinski definition) is 2. The van der Waals surface area contributed by atoms with Crippen LogP contribution in [0, 0.1) is 0 Å². The lowest BCUT2D eigenvalue weighted by atomic mass is 10.1. The van der Waals surface area contributed by atoms with E-state index in [4.69, 9.17) is 16.6 Å². The zero-order valence-corrected chi connectivity index (χ0v) is 10.7. The number of aryl methyl sites for hydroxylation is 1. The average molecular weight is 250 g/mol. The lowest BCUT2D eigenvalue weighted by Gasteiger charge is -2.10. The molecule has 0 saturated carbocycles. The van der Waals surface area contributed by atoms with Gasteiger partial charge in [0, 0.05) is 24.0 Å². The highest BCUT2D eigenvalue weighted by Gasteiger charge is 2.22. The van der Waals surface area contributed by atoms with Crippen molar-refractivity contribution in [2.24, 2.45) is 0 Å². The lowest BCUT2D eigenvalue weighted by molar-refractivity contribution is 0.631. The first-order valence-corrected chi connectivity index (χ1v) is 6.54. The van der Waals surface area contributed by atoms with Crippen LogP contribution in [-0.2, 0) is 6.54 Å². The molecule has 0 spiro atoms. The van der Waals surface area contributed by atoms with Gasteiger partial charge in [-0.25, -0.2) is 4.98 Å². The fraction of sp³-hybridized carbons (Fsp3) is 0.462. The van der Waals surface area contributed by atoms with Crippen molar-refractivity contribution >= 4 is 22.6 Å². The van der Waals surface area contributed by atoms with E-state index in [9.17, 15) is 0 Å². The first kappa shape index (κ1) is 11.1. The molecule has 4 heteroatoms. The van der Waals surface area contributed by atoms with Gasteiger partial charge >= 0.3 is 0 Å². The van der Waals surface area contributed by atoms with Crippen LogP contribution in [0.15, 0.2) is 18.2 Å². The molecule has 1 N–H and O–H groups in total. The summed E-state index contributed by atoms with van der Waals surface area (Å²) >= 11 is 6.02. The molecule has 3 nitrogen and oxygen atoms in total. The molecule has 90 valence electrons. The summed E-state index contributed by atoms with van der Waals surface area (Å²) in [5.74, 6) is 1.75. The Morgan fingerprint density at radius 3 is 3.12 bits per heavy atom. The van der Waals surface area contributed by atoms with Crippen LogP contribution in [0.1, 0.15) is 25.1 Å². The summed E-state index contributed by atoms with van der Waals surface area (Å²) in [6, 6.07) is 5.96. The first-order chi connectivity index (χ1) is 8.29. The average Bonchev–Trinajstić information content (AvgIpc) is 2.94. The maximum absolute atomic E-state index is 6.02. The normalized spacial score (nSPS) is 20.2. The molecule has 1 saturated heterocycles. The van der Waals surface area contributed by atoms with Gasteiger partial charge in [-0.2, -0.15) is 0 Å². The number of halogens is 1. The van der Waals surface area contributed by atoms with E-state index >= 15 is 0 Å². The number of fused-ring (bicyclic) bond motifs is 1. The van der Waals surface area contributed by atoms with E-state index in [0.717, 1.165) is 30.2 Å². The SMILES string of the molecule is CCn1c(C2CCNC2)nc2cc(Cl)ccc21. The summed E-state index contributed by atoms with van der Waals surface area (Å²) in [6.45, 7) is 5.26. The van der Waals surface area contributed by atoms with Crippen molar-refractivity contribution in [1.82, 2.24) is 14.9 Å². The number of rotatable bonds is 2. The molecule has 2 heterocycles. The van der Waals surface area contributed by atoms with Gasteiger partial charge in [0.25, 0.3) is 0 Å². The Morgan fingerprint density at radius 1 is 1.53 bits per heavy atom. The molecule has 1 atom stereocenters. The molecule has 1 aromatic heterocycles. The van der Waals surface area contributed by atoms with E-state index in [2.05, 4.69) is 22.9 Å². The Bertz CT molecular complexity index is 541. The van der Waals surface area contributed by atoms with E-state index in [0.29, 0.717) is 5.92 Å². The lowest BCUT2D eigenvalue weighted by Crippen LogP contribution is -2.12. The predicted molar refractivity (Wildman–Crippen MR) is 70.6 cm³/mol. The highest BCUT2D eigenvalue weighted by Crippen LogP contribution is 2.27. The van der Waals surface area contributed by atoms with Crippen LogP contribution in [0.4, 0.5) is 0 Å². The minimum atomic E-state index is 0.543. The number of imidazole rings is 1. The Kier molecular flexibility index (Phi) is 2.81. The van der Waals surface area contributed by atoms with Crippen molar-refractivity contribution in [3.05, 3.63) is 29.0 Å². The van der Waals surface area contributed by atoms with Crippen LogP contribution in [-0.4, -0.2) is 22.6 Å². The predicted octanol–water partition coefficient (Wildman–Crippen LogP) is 2.79. The fourth-order valence-corrected chi connectivity index (χ4v) is 2.81. The summed E-state index contributed by atoms with van der Waals surface area (Å²) in [6.07, 6.45) is 1.18. The van der Waals surface area contributed by atoms with E-state index in [1.54, 1.807) is 0 Å². The first-order valence-electron chi connectivity index (χ1n) is 6.16. The third-order valence-electron chi connectivity index (χ3n) is 3.48. The number of benzene rings is 1. The molecule has 1 aliphatic heterocycles. The zero-order chi connectivity index (χ0) is 11.8. The van der Waals surface area contributed by atoms with E-state index in [1.165, 1.54) is 17.8 Å². The van der Waals surface area contributed by atoms with Crippen molar-refractivity contribution < 1.29 is 0 Å². The van der Waals surface area contributed by atoms with Crippen LogP contribution < -0.4 is 5.32 Å². The maximum Gasteiger partial charge on any atom is 0.114 e. The Hall–Kier alpha value is -1.06. The van der Waals surface area contributed by atoms with E-state index in [-0.39, 0.29) is 0 Å². The maximum atomic E-state index is 6.02. The van der Waals surface area contributed by atoms with Gasteiger partial charge in [-0.05, 0) is 38.1 Å². The molecule has 1 aliphatic rings. The Morgan fingerprint density at radius 2 is 2.41 bits per heavy atom. The summed E-state index contributed by atoms with van der Waals surface area (Å²) in [5, 5.41) is 4.16. The van der Waals surface area contributed by atoms with Gasteiger partial charge in [-0.15, -0.1) is 0 Å². The van der Waals surface area contributed by atoms with Crippen LogP contribution in [0.5, 0.6) is 0 Å². The third-order valence-corrected chi connectivity index (χ3v) is 3.72. The molecule has 1 fully saturated rings. The molecule has 17 heavy (non-hydrogen) atoms. The van der Waals surface area contributed by atoms with Gasteiger partial charge < -0.3 is 9.88 Å². The monoisotopic (exact) mass is 249 g/mol. The van der Waals surface area contributed by atoms with Crippen LogP contribution in [0.2, 0.25) is 5.02 Å². The van der Waals surface area contributed by atoms with Crippen molar-refractivity contribution in [3.8, 4) is 0 Å². The summed E-state index contributed by atoms with van der Waals surface area (Å²) in [5.41, 5.74) is 2.21. The van der Waals surface area contributed by atoms with Crippen LogP contribution >= 0.6 is 11.6 Å². The topological polar surface area (TPSA) is 29.9 Å². The van der Waals surface area contributed by atoms with Crippen molar-refractivity contribution in [2.75, 3.05) is 13.1 Å². The van der Waals surface area contributed by atoms with Gasteiger partial charge in [0.1, 0.15) is 5.82 Å². The van der Waals surface area contributed by atoms with Gasteiger partial charge in [0.05, 0.1) is 11.0 Å². The highest BCUT2D eigenvalue weighted by atomic mass is 35.5. The summed E-state index contributed by atoms with van der Waals surface area (Å²) < 4.78 is 2.31. The summed E-state index contributed by atoms with van der Waals surface area (Å²) in [7, 11) is 0. The molecule has 1 aromatic carbocycles. The van der Waals surface area contributed by atoms with E-state index in [1.807, 2.05) is 12.1 Å². The molecule has 0 bridgehead atoms. The summed E-state index contributed by atoms with van der Waals surface area (Å²) in [4.78, 5) is 4.76. The molecular formula is C13H16ClN3. The molecule has 0 amide bonds. The molecule has 0 aliphatic carbocycles. The second-order valence-electron chi connectivity index (χ2n) is 4.54. The van der Waals surface area contributed by atoms with Crippen molar-refractivity contribution in [2.45, 2.75) is 25.8 Å². The Balaban J connectivity index is 2.16. The smallest absolute Gasteiger partial charge is 0.114 e. The second kappa shape index (κ2) is 4.31. The second-order valence-corrected chi connectivity index (χ2v) is 4.97. The molecule has 1 unspecified atom stereocenters. The van der Waals surface area contributed by atoms with Crippen molar-refractivity contribution in [1.29, 1.82) is 0 Å². The van der Waals surface area contributed by atoms with Crippen molar-refractivity contribution in [3.63, 3.8) is 0 Å². The molecule has 3 rings (SSSR count). The van der Waals surface area contributed by atoms with E-state index < -0.39 is 0 Å². The number of hydrogen-bond donors (Lipinski definition) is 1.